The normalized spacial score (nSPS) is 14.4. The lowest BCUT2D eigenvalue weighted by Gasteiger charge is -2.37. The number of amides is 1. The maximum atomic E-state index is 13.3. The van der Waals surface area contributed by atoms with Crippen molar-refractivity contribution in [1.82, 2.24) is 10.3 Å². The minimum Gasteiger partial charge on any atom is -0.496 e. The van der Waals surface area contributed by atoms with E-state index in [4.69, 9.17) is 21.1 Å². The van der Waals surface area contributed by atoms with E-state index in [1.165, 1.54) is 7.11 Å². The number of aromatic nitrogens is 1. The molecule has 0 unspecified atom stereocenters. The summed E-state index contributed by atoms with van der Waals surface area (Å²) in [5.74, 6) is 0.244. The van der Waals surface area contributed by atoms with Crippen LogP contribution in [0.5, 0.6) is 5.75 Å². The van der Waals surface area contributed by atoms with Crippen molar-refractivity contribution in [1.29, 1.82) is 0 Å². The van der Waals surface area contributed by atoms with Crippen molar-refractivity contribution in [2.24, 2.45) is 0 Å². The van der Waals surface area contributed by atoms with Gasteiger partial charge in [-0.25, -0.2) is 0 Å². The molecule has 1 aromatic carbocycles. The average molecular weight is 555 g/mol. The zero-order valence-corrected chi connectivity index (χ0v) is 22.7. The second kappa shape index (κ2) is 11.6. The van der Waals surface area contributed by atoms with Gasteiger partial charge in [-0.2, -0.15) is 0 Å². The van der Waals surface area contributed by atoms with E-state index in [0.29, 0.717) is 32.4 Å². The van der Waals surface area contributed by atoms with Gasteiger partial charge in [0.2, 0.25) is 0 Å². The van der Waals surface area contributed by atoms with E-state index < -0.39 is 0 Å². The van der Waals surface area contributed by atoms with Crippen LogP contribution < -0.4 is 20.5 Å². The summed E-state index contributed by atoms with van der Waals surface area (Å²) in [6.07, 6.45) is 1.87. The van der Waals surface area contributed by atoms with Crippen molar-refractivity contribution >= 4 is 39.1 Å². The maximum absolute atomic E-state index is 13.3. The SMILES string of the molecule is CCN(c1cc(Br)c(Cl)c(C(=O)NCc2c(OC)cc(C(C)C)[nH]c2=O)c1C)C1CCOCC1. The lowest BCUT2D eigenvalue weighted by atomic mass is 10.0. The van der Waals surface area contributed by atoms with Gasteiger partial charge in [-0.05, 0) is 60.2 Å². The van der Waals surface area contributed by atoms with E-state index in [0.717, 1.165) is 49.5 Å². The summed E-state index contributed by atoms with van der Waals surface area (Å²) in [6.45, 7) is 10.3. The quantitative estimate of drug-likeness (QED) is 0.471. The zero-order chi connectivity index (χ0) is 25.0. The van der Waals surface area contributed by atoms with Crippen molar-refractivity contribution in [2.75, 3.05) is 31.8 Å². The first-order valence-corrected chi connectivity index (χ1v) is 12.8. The maximum Gasteiger partial charge on any atom is 0.256 e. The van der Waals surface area contributed by atoms with Crippen LogP contribution in [0.1, 0.15) is 66.7 Å². The molecule has 0 bridgehead atoms. The summed E-state index contributed by atoms with van der Waals surface area (Å²) in [4.78, 5) is 31.2. The van der Waals surface area contributed by atoms with Gasteiger partial charge in [-0.3, -0.25) is 9.59 Å². The Morgan fingerprint density at radius 3 is 2.62 bits per heavy atom. The molecular weight excluding hydrogens is 522 g/mol. The Labute approximate surface area is 214 Å². The molecule has 7 nitrogen and oxygen atoms in total. The predicted molar refractivity (Wildman–Crippen MR) is 140 cm³/mol. The van der Waals surface area contributed by atoms with Crippen LogP contribution in [0.3, 0.4) is 0 Å². The third kappa shape index (κ3) is 5.61. The number of pyridine rings is 1. The average Bonchev–Trinajstić information content (AvgIpc) is 2.82. The number of benzene rings is 1. The molecule has 2 N–H and O–H groups in total. The van der Waals surface area contributed by atoms with Crippen LogP contribution in [-0.2, 0) is 11.3 Å². The molecule has 186 valence electrons. The van der Waals surface area contributed by atoms with Crippen molar-refractivity contribution in [3.05, 3.63) is 54.4 Å². The van der Waals surface area contributed by atoms with Crippen LogP contribution in [0, 0.1) is 6.92 Å². The molecule has 3 rings (SSSR count). The van der Waals surface area contributed by atoms with Gasteiger partial charge < -0.3 is 24.7 Å². The van der Waals surface area contributed by atoms with Crippen LogP contribution >= 0.6 is 27.5 Å². The Bertz CT molecular complexity index is 1100. The number of hydrogen-bond donors (Lipinski definition) is 2. The fourth-order valence-electron chi connectivity index (χ4n) is 4.39. The third-order valence-electron chi connectivity index (χ3n) is 6.34. The fourth-order valence-corrected chi connectivity index (χ4v) is 5.09. The number of aromatic amines is 1. The molecule has 1 aliphatic rings. The summed E-state index contributed by atoms with van der Waals surface area (Å²) in [6, 6.07) is 4.12. The first kappa shape index (κ1) is 26.6. The van der Waals surface area contributed by atoms with Crippen molar-refractivity contribution < 1.29 is 14.3 Å². The molecule has 0 aliphatic carbocycles. The Balaban J connectivity index is 1.91. The van der Waals surface area contributed by atoms with E-state index in [2.05, 4.69) is 38.1 Å². The van der Waals surface area contributed by atoms with Gasteiger partial charge in [0, 0.05) is 47.7 Å². The van der Waals surface area contributed by atoms with Gasteiger partial charge in [0.1, 0.15) is 5.75 Å². The first-order valence-electron chi connectivity index (χ1n) is 11.6. The van der Waals surface area contributed by atoms with Crippen molar-refractivity contribution in [2.45, 2.75) is 59.0 Å². The highest BCUT2D eigenvalue weighted by molar-refractivity contribution is 9.10. The van der Waals surface area contributed by atoms with E-state index in [1.807, 2.05) is 26.8 Å². The van der Waals surface area contributed by atoms with E-state index in [9.17, 15) is 9.59 Å². The standard InChI is InChI=1S/C25H33BrClN3O4/c1-6-30(16-7-9-34-10-8-16)20-11-18(26)23(27)22(15(20)4)25(32)28-13-17-21(33-5)12-19(14(2)3)29-24(17)31/h11-12,14,16H,6-10,13H2,1-5H3,(H,28,32)(H,29,31). The molecule has 1 fully saturated rings. The lowest BCUT2D eigenvalue weighted by molar-refractivity contribution is 0.0845. The second-order valence-corrected chi connectivity index (χ2v) is 9.99. The number of rotatable bonds is 8. The topological polar surface area (TPSA) is 83.7 Å². The van der Waals surface area contributed by atoms with Gasteiger partial charge in [0.05, 0.1) is 29.8 Å². The predicted octanol–water partition coefficient (Wildman–Crippen LogP) is 5.17. The molecule has 34 heavy (non-hydrogen) atoms. The van der Waals surface area contributed by atoms with Gasteiger partial charge in [0.25, 0.3) is 11.5 Å². The summed E-state index contributed by atoms with van der Waals surface area (Å²) in [7, 11) is 1.52. The number of ether oxygens (including phenoxy) is 2. The minimum atomic E-state index is -0.345. The minimum absolute atomic E-state index is 0.0186. The van der Waals surface area contributed by atoms with Crippen LogP contribution in [0.15, 0.2) is 21.4 Å². The highest BCUT2D eigenvalue weighted by Crippen LogP contribution is 2.37. The number of anilines is 1. The van der Waals surface area contributed by atoms with Crippen LogP contribution in [0.2, 0.25) is 5.02 Å². The summed E-state index contributed by atoms with van der Waals surface area (Å²) < 4.78 is 11.6. The van der Waals surface area contributed by atoms with Crippen molar-refractivity contribution in [3.8, 4) is 5.75 Å². The number of methoxy groups -OCH3 is 1. The van der Waals surface area contributed by atoms with E-state index in [-0.39, 0.29) is 23.9 Å². The summed E-state index contributed by atoms with van der Waals surface area (Å²) in [5, 5.41) is 3.21. The zero-order valence-electron chi connectivity index (χ0n) is 20.4. The van der Waals surface area contributed by atoms with E-state index in [1.54, 1.807) is 6.07 Å². The molecule has 2 heterocycles. The van der Waals surface area contributed by atoms with Gasteiger partial charge in [0.15, 0.2) is 0 Å². The summed E-state index contributed by atoms with van der Waals surface area (Å²) >= 11 is 10.1. The van der Waals surface area contributed by atoms with Crippen LogP contribution in [0.25, 0.3) is 0 Å². The number of H-pyrrole nitrogens is 1. The van der Waals surface area contributed by atoms with E-state index >= 15 is 0 Å². The second-order valence-electron chi connectivity index (χ2n) is 8.76. The van der Waals surface area contributed by atoms with Crippen LogP contribution in [0.4, 0.5) is 5.69 Å². The molecule has 1 aromatic heterocycles. The molecule has 2 aromatic rings. The van der Waals surface area contributed by atoms with Gasteiger partial charge in [-0.15, -0.1) is 0 Å². The number of nitrogens with zero attached hydrogens (tertiary/aromatic N) is 1. The Kier molecular flexibility index (Phi) is 9.07. The molecule has 0 spiro atoms. The molecule has 0 saturated carbocycles. The summed E-state index contributed by atoms with van der Waals surface area (Å²) in [5.41, 5.74) is 3.02. The van der Waals surface area contributed by atoms with Gasteiger partial charge >= 0.3 is 0 Å². The number of halogens is 2. The van der Waals surface area contributed by atoms with Gasteiger partial charge in [-0.1, -0.05) is 25.4 Å². The molecule has 0 radical (unpaired) electrons. The molecule has 0 atom stereocenters. The Morgan fingerprint density at radius 1 is 1.35 bits per heavy atom. The number of carbonyl (C=O) groups is 1. The highest BCUT2D eigenvalue weighted by atomic mass is 79.9. The molecule has 1 saturated heterocycles. The molecular formula is C25H33BrClN3O4. The Hall–Kier alpha value is -2.03. The monoisotopic (exact) mass is 553 g/mol. The largest absolute Gasteiger partial charge is 0.496 e. The molecule has 1 aliphatic heterocycles. The smallest absolute Gasteiger partial charge is 0.256 e. The highest BCUT2D eigenvalue weighted by Gasteiger charge is 2.26. The number of nitrogens with one attached hydrogen (secondary N) is 2. The Morgan fingerprint density at radius 2 is 2.03 bits per heavy atom. The van der Waals surface area contributed by atoms with Crippen molar-refractivity contribution in [3.63, 3.8) is 0 Å². The van der Waals surface area contributed by atoms with Crippen LogP contribution in [-0.4, -0.2) is 43.8 Å². The third-order valence-corrected chi connectivity index (χ3v) is 7.59. The molecule has 9 heteroatoms. The number of carbonyl (C=O) groups excluding carboxylic acids is 1. The number of hydrogen-bond acceptors (Lipinski definition) is 5. The fraction of sp³-hybridized carbons (Fsp3) is 0.520. The first-order chi connectivity index (χ1) is 16.2. The molecule has 1 amide bonds. The lowest BCUT2D eigenvalue weighted by Crippen LogP contribution is -2.40.